The van der Waals surface area contributed by atoms with Gasteiger partial charge in [-0.15, -0.1) is 0 Å². The zero-order valence-electron chi connectivity index (χ0n) is 19.7. The third-order valence-corrected chi connectivity index (χ3v) is 6.60. The average molecular weight is 518 g/mol. The van der Waals surface area contributed by atoms with Gasteiger partial charge in [0.15, 0.2) is 11.6 Å². The number of hydrogen-bond acceptors (Lipinski definition) is 9. The molecule has 11 nitrogen and oxygen atoms in total. The summed E-state index contributed by atoms with van der Waals surface area (Å²) in [6.45, 7) is 1.32. The Bertz CT molecular complexity index is 1380. The number of ether oxygens (including phenoxy) is 3. The molecule has 0 radical (unpaired) electrons. The van der Waals surface area contributed by atoms with Crippen LogP contribution in [0.3, 0.4) is 0 Å². The highest BCUT2D eigenvalue weighted by molar-refractivity contribution is 7.92. The Hall–Kier alpha value is -4.13. The first-order valence-corrected chi connectivity index (χ1v) is 12.2. The molecule has 0 unspecified atom stereocenters. The molecule has 36 heavy (non-hydrogen) atoms. The summed E-state index contributed by atoms with van der Waals surface area (Å²) >= 11 is 0. The van der Waals surface area contributed by atoms with E-state index >= 15 is 4.39 Å². The number of aryl methyl sites for hydroxylation is 1. The molecule has 2 aromatic carbocycles. The Labute approximate surface area is 207 Å². The van der Waals surface area contributed by atoms with Crippen molar-refractivity contribution in [3.05, 3.63) is 65.2 Å². The first-order valence-electron chi connectivity index (χ1n) is 10.7. The summed E-state index contributed by atoms with van der Waals surface area (Å²) in [5, 5.41) is 3.04. The van der Waals surface area contributed by atoms with Crippen LogP contribution in [0.4, 0.5) is 15.9 Å². The minimum absolute atomic E-state index is 0.0136. The molecule has 13 heteroatoms. The monoisotopic (exact) mass is 517 g/mol. The number of aromatic nitrogens is 2. The van der Waals surface area contributed by atoms with Gasteiger partial charge in [-0.25, -0.2) is 23.4 Å². The van der Waals surface area contributed by atoms with E-state index in [2.05, 4.69) is 15.3 Å². The average Bonchev–Trinajstić information content (AvgIpc) is 3.12. The largest absolute Gasteiger partial charge is 0.497 e. The van der Waals surface area contributed by atoms with Crippen molar-refractivity contribution in [3.63, 3.8) is 0 Å². The van der Waals surface area contributed by atoms with E-state index in [0.717, 1.165) is 11.6 Å². The van der Waals surface area contributed by atoms with E-state index in [1.165, 1.54) is 13.2 Å². The maximum absolute atomic E-state index is 15.4. The number of methoxy groups -OCH3 is 2. The Morgan fingerprint density at radius 2 is 1.89 bits per heavy atom. The summed E-state index contributed by atoms with van der Waals surface area (Å²) in [7, 11) is -1.26. The lowest BCUT2D eigenvalue weighted by atomic mass is 10.1. The van der Waals surface area contributed by atoms with Crippen molar-refractivity contribution in [2.24, 2.45) is 0 Å². The van der Waals surface area contributed by atoms with Crippen molar-refractivity contribution >= 4 is 27.6 Å². The molecular weight excluding hydrogens is 493 g/mol. The van der Waals surface area contributed by atoms with Crippen LogP contribution in [0.25, 0.3) is 0 Å². The van der Waals surface area contributed by atoms with E-state index in [-0.39, 0.29) is 30.5 Å². The number of nitrogens with zero attached hydrogens (tertiary/aromatic N) is 3. The lowest BCUT2D eigenvalue weighted by Crippen LogP contribution is -2.30. The van der Waals surface area contributed by atoms with Crippen LogP contribution >= 0.6 is 0 Å². The number of hydrogen-bond donors (Lipinski definition) is 2. The van der Waals surface area contributed by atoms with Crippen molar-refractivity contribution in [2.45, 2.75) is 20.1 Å². The molecule has 2 heterocycles. The lowest BCUT2D eigenvalue weighted by Gasteiger charge is -2.21. The topological polar surface area (TPSA) is 132 Å². The van der Waals surface area contributed by atoms with Gasteiger partial charge in [-0.1, -0.05) is 12.1 Å². The highest BCUT2D eigenvalue weighted by Gasteiger charge is 2.37. The molecule has 3 aromatic rings. The number of amides is 1. The molecule has 1 saturated heterocycles. The van der Waals surface area contributed by atoms with Crippen LogP contribution in [0.15, 0.2) is 42.6 Å². The van der Waals surface area contributed by atoms with Gasteiger partial charge in [-0.3, -0.25) is 4.79 Å². The van der Waals surface area contributed by atoms with E-state index in [0.29, 0.717) is 27.1 Å². The molecule has 2 N–H and O–H groups in total. The number of benzene rings is 2. The number of halogens is 1. The molecule has 190 valence electrons. The third kappa shape index (κ3) is 5.40. The Kier molecular flexibility index (Phi) is 7.10. The molecule has 1 amide bonds. The number of nitrogens with one attached hydrogen (secondary N) is 2. The smallest absolute Gasteiger partial charge is 0.326 e. The fraction of sp³-hybridized carbons (Fsp3) is 0.261. The first-order chi connectivity index (χ1) is 17.2. The van der Waals surface area contributed by atoms with Crippen molar-refractivity contribution in [1.29, 1.82) is 0 Å². The third-order valence-electron chi connectivity index (χ3n) is 5.22. The molecule has 4 rings (SSSR count). The van der Waals surface area contributed by atoms with Gasteiger partial charge in [0.1, 0.15) is 30.3 Å². The van der Waals surface area contributed by atoms with Crippen LogP contribution in [0.2, 0.25) is 0 Å². The second kappa shape index (κ2) is 10.2. The lowest BCUT2D eigenvalue weighted by molar-refractivity contribution is -0.117. The minimum Gasteiger partial charge on any atom is -0.497 e. The molecule has 1 fully saturated rings. The molecule has 1 aliphatic rings. The second-order valence-electron chi connectivity index (χ2n) is 7.82. The predicted octanol–water partition coefficient (Wildman–Crippen LogP) is 2.31. The van der Waals surface area contributed by atoms with Gasteiger partial charge in [0.25, 0.3) is 11.8 Å². The van der Waals surface area contributed by atoms with Gasteiger partial charge in [0.05, 0.1) is 26.1 Å². The number of carbonyl (C=O) groups is 1. The minimum atomic E-state index is -4.26. The normalized spacial score (nSPS) is 14.3. The SMILES string of the molecule is COc1ccc(COc2cc(CNc3nc(C)cnc3OC)cc(F)c2N2CC(=O)NS2(=O)=O)cc1. The van der Waals surface area contributed by atoms with Crippen LogP contribution in [0.5, 0.6) is 17.4 Å². The van der Waals surface area contributed by atoms with Gasteiger partial charge in [-0.05, 0) is 42.3 Å². The van der Waals surface area contributed by atoms with Gasteiger partial charge in [-0.2, -0.15) is 8.42 Å². The number of carbonyl (C=O) groups excluding carboxylic acids is 1. The first kappa shape index (κ1) is 25.0. The summed E-state index contributed by atoms with van der Waals surface area (Å²) in [5.74, 6) is -0.417. The quantitative estimate of drug-likeness (QED) is 0.439. The van der Waals surface area contributed by atoms with Crippen LogP contribution in [0.1, 0.15) is 16.8 Å². The Morgan fingerprint density at radius 3 is 2.53 bits per heavy atom. The van der Waals surface area contributed by atoms with Crippen molar-refractivity contribution in [2.75, 3.05) is 30.4 Å². The molecule has 0 aliphatic carbocycles. The van der Waals surface area contributed by atoms with E-state index in [4.69, 9.17) is 14.2 Å². The Morgan fingerprint density at radius 1 is 1.14 bits per heavy atom. The number of anilines is 2. The van der Waals surface area contributed by atoms with E-state index in [1.807, 2.05) is 4.72 Å². The van der Waals surface area contributed by atoms with Gasteiger partial charge in [0, 0.05) is 6.54 Å². The standard InChI is InChI=1S/C23H24FN5O6S/c1-14-10-26-23(34-3)22(27-14)25-11-16-8-18(24)21(29-12-20(30)28-36(29,31)32)19(9-16)35-13-15-4-6-17(33-2)7-5-15/h4-10H,11-13H2,1-3H3,(H,25,27)(H,28,30). The van der Waals surface area contributed by atoms with Crippen molar-refractivity contribution in [3.8, 4) is 17.4 Å². The molecule has 0 bridgehead atoms. The van der Waals surface area contributed by atoms with Crippen molar-refractivity contribution < 1.29 is 31.8 Å². The summed E-state index contributed by atoms with van der Waals surface area (Å²) in [6.07, 6.45) is 1.55. The summed E-state index contributed by atoms with van der Waals surface area (Å²) in [4.78, 5) is 20.3. The molecular formula is C23H24FN5O6S. The van der Waals surface area contributed by atoms with Gasteiger partial charge in [0.2, 0.25) is 0 Å². The van der Waals surface area contributed by atoms with Gasteiger partial charge >= 0.3 is 10.2 Å². The number of rotatable bonds is 9. The highest BCUT2D eigenvalue weighted by atomic mass is 32.2. The van der Waals surface area contributed by atoms with Crippen LogP contribution in [-0.4, -0.2) is 45.1 Å². The zero-order chi connectivity index (χ0) is 25.9. The van der Waals surface area contributed by atoms with Gasteiger partial charge < -0.3 is 19.5 Å². The summed E-state index contributed by atoms with van der Waals surface area (Å²) in [6, 6.07) is 9.68. The predicted molar refractivity (Wildman–Crippen MR) is 129 cm³/mol. The van der Waals surface area contributed by atoms with Crippen LogP contribution < -0.4 is 28.6 Å². The molecule has 0 saturated carbocycles. The van der Waals surface area contributed by atoms with Crippen LogP contribution in [-0.2, 0) is 28.2 Å². The zero-order valence-corrected chi connectivity index (χ0v) is 20.6. The summed E-state index contributed by atoms with van der Waals surface area (Å²) < 4.78 is 59.0. The van der Waals surface area contributed by atoms with E-state index in [1.54, 1.807) is 44.5 Å². The molecule has 1 aromatic heterocycles. The van der Waals surface area contributed by atoms with E-state index in [9.17, 15) is 13.2 Å². The Balaban J connectivity index is 1.66. The fourth-order valence-electron chi connectivity index (χ4n) is 3.53. The maximum atomic E-state index is 15.4. The molecule has 1 aliphatic heterocycles. The fourth-order valence-corrected chi connectivity index (χ4v) is 4.69. The summed E-state index contributed by atoms with van der Waals surface area (Å²) in [5.41, 5.74) is 1.46. The molecule has 0 atom stereocenters. The van der Waals surface area contributed by atoms with Crippen LogP contribution in [0, 0.1) is 12.7 Å². The molecule has 0 spiro atoms. The second-order valence-corrected chi connectivity index (χ2v) is 9.42. The maximum Gasteiger partial charge on any atom is 0.326 e. The van der Waals surface area contributed by atoms with E-state index < -0.39 is 28.5 Å². The van der Waals surface area contributed by atoms with Crippen molar-refractivity contribution in [1.82, 2.24) is 14.7 Å². The highest BCUT2D eigenvalue weighted by Crippen LogP contribution is 2.36.